The van der Waals surface area contributed by atoms with Gasteiger partial charge in [0.2, 0.25) is 0 Å². The molecular formula is C12H13N5S. The first kappa shape index (κ1) is 11.2. The zero-order chi connectivity index (χ0) is 12.7. The van der Waals surface area contributed by atoms with Crippen molar-refractivity contribution in [2.75, 3.05) is 0 Å². The van der Waals surface area contributed by atoms with E-state index in [1.807, 2.05) is 37.1 Å². The average Bonchev–Trinajstić information content (AvgIpc) is 2.84. The lowest BCUT2D eigenvalue weighted by atomic mass is 10.3. The van der Waals surface area contributed by atoms with Crippen molar-refractivity contribution in [2.45, 2.75) is 13.5 Å². The molecule has 0 unspecified atom stereocenters. The maximum atomic E-state index is 5.34. The van der Waals surface area contributed by atoms with E-state index >= 15 is 0 Å². The number of nitrogens with one attached hydrogen (secondary N) is 1. The van der Waals surface area contributed by atoms with Crippen LogP contribution >= 0.6 is 12.2 Å². The molecule has 3 aromatic heterocycles. The SMILES string of the molecule is Cc1cnc2c(c1)[nH]c(=S)n2Cc1cnn(C)c1. The second-order valence-corrected chi connectivity index (χ2v) is 4.81. The topological polar surface area (TPSA) is 51.4 Å². The lowest BCUT2D eigenvalue weighted by Crippen LogP contribution is -2.00. The van der Waals surface area contributed by atoms with Gasteiger partial charge in [0, 0.05) is 25.0 Å². The van der Waals surface area contributed by atoms with Gasteiger partial charge in [-0.25, -0.2) is 4.98 Å². The number of pyridine rings is 1. The average molecular weight is 259 g/mol. The van der Waals surface area contributed by atoms with E-state index in [1.165, 1.54) is 0 Å². The van der Waals surface area contributed by atoms with Crippen LogP contribution in [-0.4, -0.2) is 24.3 Å². The molecule has 0 fully saturated rings. The third kappa shape index (κ3) is 1.84. The van der Waals surface area contributed by atoms with Crippen molar-refractivity contribution in [3.05, 3.63) is 40.6 Å². The van der Waals surface area contributed by atoms with E-state index in [9.17, 15) is 0 Å². The third-order valence-electron chi connectivity index (χ3n) is 2.84. The Bertz CT molecular complexity index is 764. The first-order chi connectivity index (χ1) is 8.63. The van der Waals surface area contributed by atoms with Gasteiger partial charge in [-0.15, -0.1) is 0 Å². The molecule has 0 radical (unpaired) electrons. The number of nitrogens with zero attached hydrogens (tertiary/aromatic N) is 4. The molecule has 0 atom stereocenters. The van der Waals surface area contributed by atoms with Crippen LogP contribution in [0.1, 0.15) is 11.1 Å². The fourth-order valence-corrected chi connectivity index (χ4v) is 2.29. The number of H-pyrrole nitrogens is 1. The van der Waals surface area contributed by atoms with E-state index in [1.54, 1.807) is 4.68 Å². The maximum Gasteiger partial charge on any atom is 0.179 e. The molecule has 3 heterocycles. The number of hydrogen-bond acceptors (Lipinski definition) is 3. The number of aromatic nitrogens is 5. The van der Waals surface area contributed by atoms with Gasteiger partial charge in [0.1, 0.15) is 0 Å². The summed E-state index contributed by atoms with van der Waals surface area (Å²) in [5.41, 5.74) is 4.09. The van der Waals surface area contributed by atoms with Crippen molar-refractivity contribution >= 4 is 23.4 Å². The molecule has 0 aliphatic rings. The second-order valence-electron chi connectivity index (χ2n) is 4.42. The van der Waals surface area contributed by atoms with Crippen LogP contribution in [0.2, 0.25) is 0 Å². The second kappa shape index (κ2) is 4.06. The lowest BCUT2D eigenvalue weighted by molar-refractivity contribution is 0.762. The fraction of sp³-hybridized carbons (Fsp3) is 0.250. The number of hydrogen-bond donors (Lipinski definition) is 1. The number of aromatic amines is 1. The first-order valence-corrected chi connectivity index (χ1v) is 6.07. The standard InChI is InChI=1S/C12H13N5S/c1-8-3-10-11(13-4-8)17(12(18)15-10)7-9-5-14-16(2)6-9/h3-6H,7H2,1-2H3,(H,15,18). The van der Waals surface area contributed by atoms with E-state index in [4.69, 9.17) is 12.2 Å². The summed E-state index contributed by atoms with van der Waals surface area (Å²) in [6, 6.07) is 2.05. The Labute approximate surface area is 109 Å². The fourth-order valence-electron chi connectivity index (χ4n) is 2.03. The smallest absolute Gasteiger partial charge is 0.179 e. The van der Waals surface area contributed by atoms with Crippen molar-refractivity contribution < 1.29 is 0 Å². The summed E-state index contributed by atoms with van der Waals surface area (Å²) in [6.45, 7) is 2.70. The summed E-state index contributed by atoms with van der Waals surface area (Å²) < 4.78 is 4.46. The molecular weight excluding hydrogens is 246 g/mol. The highest BCUT2D eigenvalue weighted by Crippen LogP contribution is 2.14. The van der Waals surface area contributed by atoms with E-state index in [2.05, 4.69) is 21.1 Å². The van der Waals surface area contributed by atoms with Gasteiger partial charge < -0.3 is 4.98 Å². The van der Waals surface area contributed by atoms with Crippen LogP contribution in [0.3, 0.4) is 0 Å². The summed E-state index contributed by atoms with van der Waals surface area (Å²) in [5, 5.41) is 4.16. The molecule has 0 amide bonds. The minimum Gasteiger partial charge on any atom is -0.329 e. The van der Waals surface area contributed by atoms with Gasteiger partial charge in [0.15, 0.2) is 10.4 Å². The van der Waals surface area contributed by atoms with Crippen LogP contribution in [0, 0.1) is 11.7 Å². The summed E-state index contributed by atoms with van der Waals surface area (Å²) >= 11 is 5.34. The zero-order valence-corrected chi connectivity index (χ0v) is 11.0. The third-order valence-corrected chi connectivity index (χ3v) is 3.17. The molecule has 18 heavy (non-hydrogen) atoms. The molecule has 0 aliphatic carbocycles. The van der Waals surface area contributed by atoms with Crippen molar-refractivity contribution in [3.8, 4) is 0 Å². The molecule has 0 aromatic carbocycles. The highest BCUT2D eigenvalue weighted by Gasteiger charge is 2.07. The van der Waals surface area contributed by atoms with Crippen LogP contribution in [-0.2, 0) is 13.6 Å². The number of rotatable bonds is 2. The summed E-state index contributed by atoms with van der Waals surface area (Å²) in [6.07, 6.45) is 5.67. The predicted octanol–water partition coefficient (Wildman–Crippen LogP) is 2.18. The Kier molecular flexibility index (Phi) is 2.52. The van der Waals surface area contributed by atoms with Crippen molar-refractivity contribution in [1.29, 1.82) is 0 Å². The van der Waals surface area contributed by atoms with Gasteiger partial charge in [0.25, 0.3) is 0 Å². The Morgan fingerprint density at radius 2 is 2.22 bits per heavy atom. The molecule has 92 valence electrons. The van der Waals surface area contributed by atoms with Crippen LogP contribution in [0.5, 0.6) is 0 Å². The normalized spacial score (nSPS) is 11.2. The van der Waals surface area contributed by atoms with Crippen molar-refractivity contribution in [1.82, 2.24) is 24.3 Å². The highest BCUT2D eigenvalue weighted by molar-refractivity contribution is 7.71. The van der Waals surface area contributed by atoms with Crippen LogP contribution in [0.25, 0.3) is 11.2 Å². The van der Waals surface area contributed by atoms with Crippen LogP contribution < -0.4 is 0 Å². The molecule has 5 nitrogen and oxygen atoms in total. The maximum absolute atomic E-state index is 5.34. The quantitative estimate of drug-likeness (QED) is 0.718. The molecule has 0 aliphatic heterocycles. The van der Waals surface area contributed by atoms with Gasteiger partial charge in [-0.2, -0.15) is 5.10 Å². The van der Waals surface area contributed by atoms with Crippen molar-refractivity contribution in [3.63, 3.8) is 0 Å². The summed E-state index contributed by atoms with van der Waals surface area (Å²) in [5.74, 6) is 0. The van der Waals surface area contributed by atoms with Gasteiger partial charge in [0.05, 0.1) is 18.3 Å². The Hall–Kier alpha value is -1.95. The number of fused-ring (bicyclic) bond motifs is 1. The van der Waals surface area contributed by atoms with E-state index in [0.29, 0.717) is 11.3 Å². The van der Waals surface area contributed by atoms with Gasteiger partial charge in [-0.3, -0.25) is 9.25 Å². The first-order valence-electron chi connectivity index (χ1n) is 5.66. The molecule has 3 aromatic rings. The monoisotopic (exact) mass is 259 g/mol. The Morgan fingerprint density at radius 1 is 1.39 bits per heavy atom. The zero-order valence-electron chi connectivity index (χ0n) is 10.2. The number of aryl methyl sites for hydroxylation is 2. The lowest BCUT2D eigenvalue weighted by Gasteiger charge is -2.01. The summed E-state index contributed by atoms with van der Waals surface area (Å²) in [7, 11) is 1.90. The Balaban J connectivity index is 2.11. The van der Waals surface area contributed by atoms with Gasteiger partial charge in [-0.1, -0.05) is 0 Å². The predicted molar refractivity (Wildman–Crippen MR) is 72.0 cm³/mol. The minimum absolute atomic E-state index is 0.683. The number of imidazole rings is 1. The van der Waals surface area contributed by atoms with Gasteiger partial charge >= 0.3 is 0 Å². The van der Waals surface area contributed by atoms with Crippen LogP contribution in [0.15, 0.2) is 24.7 Å². The van der Waals surface area contributed by atoms with Gasteiger partial charge in [-0.05, 0) is 30.8 Å². The van der Waals surface area contributed by atoms with E-state index in [-0.39, 0.29) is 0 Å². The molecule has 6 heteroatoms. The highest BCUT2D eigenvalue weighted by atomic mass is 32.1. The van der Waals surface area contributed by atoms with E-state index in [0.717, 1.165) is 22.3 Å². The minimum atomic E-state index is 0.683. The molecule has 3 rings (SSSR count). The molecule has 1 N–H and O–H groups in total. The molecule has 0 saturated heterocycles. The Morgan fingerprint density at radius 3 is 2.94 bits per heavy atom. The molecule has 0 saturated carbocycles. The summed E-state index contributed by atoms with van der Waals surface area (Å²) in [4.78, 5) is 7.63. The van der Waals surface area contributed by atoms with E-state index < -0.39 is 0 Å². The molecule has 0 bridgehead atoms. The van der Waals surface area contributed by atoms with Crippen molar-refractivity contribution in [2.24, 2.45) is 7.05 Å². The van der Waals surface area contributed by atoms with Crippen LogP contribution in [0.4, 0.5) is 0 Å². The molecule has 0 spiro atoms. The largest absolute Gasteiger partial charge is 0.329 e.